The molecular weight excluding hydrogens is 220 g/mol. The first-order chi connectivity index (χ1) is 6.56. The van der Waals surface area contributed by atoms with E-state index in [0.717, 1.165) is 0 Å². The molecule has 0 fully saturated rings. The maximum Gasteiger partial charge on any atom is 0.250 e. The molecule has 0 aliphatic carbocycles. The van der Waals surface area contributed by atoms with Crippen molar-refractivity contribution in [1.29, 1.82) is 0 Å². The fraction of sp³-hybridized carbons (Fsp3) is 0.500. The third-order valence-corrected chi connectivity index (χ3v) is 4.65. The van der Waals surface area contributed by atoms with Gasteiger partial charge in [-0.15, -0.1) is 11.3 Å². The van der Waals surface area contributed by atoms with Crippen LogP contribution in [0.25, 0.3) is 0 Å². The van der Waals surface area contributed by atoms with E-state index < -0.39 is 10.0 Å². The van der Waals surface area contributed by atoms with Gasteiger partial charge in [0.25, 0.3) is 0 Å². The molecule has 0 amide bonds. The zero-order chi connectivity index (χ0) is 10.6. The predicted molar refractivity (Wildman–Crippen MR) is 58.0 cm³/mol. The van der Waals surface area contributed by atoms with Crippen LogP contribution in [0.1, 0.15) is 6.92 Å². The highest BCUT2D eigenvalue weighted by molar-refractivity contribution is 7.91. The third-order valence-electron chi connectivity index (χ3n) is 1.83. The Morgan fingerprint density at radius 3 is 2.79 bits per heavy atom. The van der Waals surface area contributed by atoms with Gasteiger partial charge in [-0.2, -0.15) is 0 Å². The number of thiophene rings is 1. The Labute approximate surface area is 88.4 Å². The van der Waals surface area contributed by atoms with Crippen LogP contribution in [0.5, 0.6) is 0 Å². The van der Waals surface area contributed by atoms with E-state index in [1.165, 1.54) is 11.3 Å². The summed E-state index contributed by atoms with van der Waals surface area (Å²) in [6, 6.07) is 3.45. The van der Waals surface area contributed by atoms with Crippen molar-refractivity contribution in [3.63, 3.8) is 0 Å². The molecule has 0 aliphatic heterocycles. The van der Waals surface area contributed by atoms with Gasteiger partial charge >= 0.3 is 0 Å². The lowest BCUT2D eigenvalue weighted by molar-refractivity contribution is 0.556. The summed E-state index contributed by atoms with van der Waals surface area (Å²) in [5, 5.41) is 4.71. The molecule has 1 aromatic rings. The van der Waals surface area contributed by atoms with Crippen LogP contribution < -0.4 is 10.0 Å². The minimum Gasteiger partial charge on any atom is -0.316 e. The van der Waals surface area contributed by atoms with E-state index in [1.807, 2.05) is 6.92 Å². The number of hydrogen-bond donors (Lipinski definition) is 2. The van der Waals surface area contributed by atoms with Gasteiger partial charge in [0.1, 0.15) is 4.21 Å². The van der Waals surface area contributed by atoms with Gasteiger partial charge in [0.15, 0.2) is 0 Å². The lowest BCUT2D eigenvalue weighted by atomic mass is 10.4. The average molecular weight is 234 g/mol. The normalized spacial score (nSPS) is 14.1. The Hall–Kier alpha value is -0.430. The minimum atomic E-state index is -3.29. The summed E-state index contributed by atoms with van der Waals surface area (Å²) in [7, 11) is -1.50. The van der Waals surface area contributed by atoms with Gasteiger partial charge in [-0.05, 0) is 25.4 Å². The molecule has 4 nitrogen and oxygen atoms in total. The summed E-state index contributed by atoms with van der Waals surface area (Å²) >= 11 is 1.22. The molecule has 1 unspecified atom stereocenters. The van der Waals surface area contributed by atoms with Crippen LogP contribution in [-0.4, -0.2) is 28.1 Å². The van der Waals surface area contributed by atoms with E-state index in [9.17, 15) is 8.42 Å². The molecule has 1 atom stereocenters. The second kappa shape index (κ2) is 4.88. The van der Waals surface area contributed by atoms with Crippen LogP contribution in [0, 0.1) is 0 Å². The maximum atomic E-state index is 11.6. The maximum absolute atomic E-state index is 11.6. The lowest BCUT2D eigenvalue weighted by Gasteiger charge is -2.10. The van der Waals surface area contributed by atoms with E-state index >= 15 is 0 Å². The predicted octanol–water partition coefficient (Wildman–Crippen LogP) is 0.634. The van der Waals surface area contributed by atoms with Crippen LogP contribution in [0.15, 0.2) is 21.7 Å². The molecule has 0 radical (unpaired) electrons. The molecule has 0 saturated carbocycles. The second-order valence-electron chi connectivity index (χ2n) is 2.97. The van der Waals surface area contributed by atoms with Crippen molar-refractivity contribution in [3.05, 3.63) is 17.5 Å². The van der Waals surface area contributed by atoms with Crippen molar-refractivity contribution in [2.45, 2.75) is 17.2 Å². The molecule has 2 N–H and O–H groups in total. The quantitative estimate of drug-likeness (QED) is 0.786. The minimum absolute atomic E-state index is 0.129. The Kier molecular flexibility index (Phi) is 4.06. The highest BCUT2D eigenvalue weighted by atomic mass is 32.2. The number of sulfonamides is 1. The van der Waals surface area contributed by atoms with Crippen LogP contribution in [0.3, 0.4) is 0 Å². The molecule has 1 aromatic heterocycles. The van der Waals surface area contributed by atoms with Gasteiger partial charge in [0.05, 0.1) is 0 Å². The first-order valence-corrected chi connectivity index (χ1v) is 6.63. The van der Waals surface area contributed by atoms with Gasteiger partial charge in [-0.1, -0.05) is 6.07 Å². The Bertz CT molecular complexity index is 359. The van der Waals surface area contributed by atoms with E-state index in [4.69, 9.17) is 0 Å². The standard InChI is InChI=1S/C8H14N2O2S2/c1-7(9-2)6-10-14(11,12)8-4-3-5-13-8/h3-5,7,9-10H,6H2,1-2H3. The second-order valence-corrected chi connectivity index (χ2v) is 5.92. The summed E-state index contributed by atoms with van der Waals surface area (Å²) in [6.07, 6.45) is 0. The smallest absolute Gasteiger partial charge is 0.250 e. The molecule has 14 heavy (non-hydrogen) atoms. The Morgan fingerprint density at radius 1 is 1.57 bits per heavy atom. The number of nitrogens with one attached hydrogen (secondary N) is 2. The fourth-order valence-electron chi connectivity index (χ4n) is 0.824. The fourth-order valence-corrected chi connectivity index (χ4v) is 2.99. The van der Waals surface area contributed by atoms with Crippen LogP contribution in [-0.2, 0) is 10.0 Å². The van der Waals surface area contributed by atoms with Gasteiger partial charge in [-0.25, -0.2) is 13.1 Å². The molecule has 6 heteroatoms. The first-order valence-electron chi connectivity index (χ1n) is 4.26. The third kappa shape index (κ3) is 3.06. The van der Waals surface area contributed by atoms with E-state index in [2.05, 4.69) is 10.0 Å². The van der Waals surface area contributed by atoms with Crippen molar-refractivity contribution < 1.29 is 8.42 Å². The summed E-state index contributed by atoms with van der Waals surface area (Å²) in [6.45, 7) is 2.31. The molecule has 0 saturated heterocycles. The van der Waals surface area contributed by atoms with Crippen LogP contribution >= 0.6 is 11.3 Å². The van der Waals surface area contributed by atoms with Crippen LogP contribution in [0.4, 0.5) is 0 Å². The highest BCUT2D eigenvalue weighted by Crippen LogP contribution is 2.14. The number of likely N-dealkylation sites (N-methyl/N-ethyl adjacent to an activating group) is 1. The molecule has 80 valence electrons. The Morgan fingerprint density at radius 2 is 2.29 bits per heavy atom. The van der Waals surface area contributed by atoms with Crippen molar-refractivity contribution in [3.8, 4) is 0 Å². The number of rotatable bonds is 5. The lowest BCUT2D eigenvalue weighted by Crippen LogP contribution is -2.36. The Balaban J connectivity index is 2.60. The summed E-state index contributed by atoms with van der Waals surface area (Å²) < 4.78 is 26.1. The van der Waals surface area contributed by atoms with E-state index in [1.54, 1.807) is 24.6 Å². The largest absolute Gasteiger partial charge is 0.316 e. The summed E-state index contributed by atoms with van der Waals surface area (Å²) in [5.74, 6) is 0. The van der Waals surface area contributed by atoms with Crippen molar-refractivity contribution in [1.82, 2.24) is 10.0 Å². The molecule has 1 heterocycles. The molecule has 0 aromatic carbocycles. The van der Waals surface area contributed by atoms with Gasteiger partial charge in [0, 0.05) is 12.6 Å². The van der Waals surface area contributed by atoms with E-state index in [0.29, 0.717) is 10.8 Å². The molecule has 0 spiro atoms. The van der Waals surface area contributed by atoms with Gasteiger partial charge in [-0.3, -0.25) is 0 Å². The van der Waals surface area contributed by atoms with E-state index in [-0.39, 0.29) is 6.04 Å². The van der Waals surface area contributed by atoms with Gasteiger partial charge in [0.2, 0.25) is 10.0 Å². The van der Waals surface area contributed by atoms with Gasteiger partial charge < -0.3 is 5.32 Å². The molecule has 0 aliphatic rings. The molecular formula is C8H14N2O2S2. The van der Waals surface area contributed by atoms with Crippen LogP contribution in [0.2, 0.25) is 0 Å². The number of hydrogen-bond acceptors (Lipinski definition) is 4. The topological polar surface area (TPSA) is 58.2 Å². The summed E-state index contributed by atoms with van der Waals surface area (Å²) in [5.41, 5.74) is 0. The SMILES string of the molecule is CNC(C)CNS(=O)(=O)c1cccs1. The zero-order valence-electron chi connectivity index (χ0n) is 8.15. The molecule has 1 rings (SSSR count). The first kappa shape index (κ1) is 11.6. The highest BCUT2D eigenvalue weighted by Gasteiger charge is 2.14. The van der Waals surface area contributed by atoms with Crippen molar-refractivity contribution in [2.75, 3.05) is 13.6 Å². The van der Waals surface area contributed by atoms with Crippen molar-refractivity contribution in [2.24, 2.45) is 0 Å². The average Bonchev–Trinajstić information content (AvgIpc) is 2.67. The zero-order valence-corrected chi connectivity index (χ0v) is 9.78. The van der Waals surface area contributed by atoms with Crippen molar-refractivity contribution >= 4 is 21.4 Å². The summed E-state index contributed by atoms with van der Waals surface area (Å²) in [4.78, 5) is 0. The molecule has 0 bridgehead atoms. The monoisotopic (exact) mass is 234 g/mol.